The number of rotatable bonds is 5. The number of aliphatic hydroxyl groups is 1. The van der Waals surface area contributed by atoms with Crippen molar-refractivity contribution in [2.45, 2.75) is 51.5 Å². The summed E-state index contributed by atoms with van der Waals surface area (Å²) in [5.41, 5.74) is 2.04. The number of ether oxygens (including phenoxy) is 1. The van der Waals surface area contributed by atoms with Gasteiger partial charge in [0.15, 0.2) is 0 Å². The van der Waals surface area contributed by atoms with Gasteiger partial charge >= 0.3 is 0 Å². The van der Waals surface area contributed by atoms with Gasteiger partial charge in [-0.25, -0.2) is 4.98 Å². The van der Waals surface area contributed by atoms with E-state index in [1.807, 2.05) is 24.3 Å². The Morgan fingerprint density at radius 3 is 2.96 bits per heavy atom. The molecule has 0 bridgehead atoms. The summed E-state index contributed by atoms with van der Waals surface area (Å²) in [6.07, 6.45) is 1.13. The van der Waals surface area contributed by atoms with Gasteiger partial charge in [-0.3, -0.25) is 4.79 Å². The van der Waals surface area contributed by atoms with Gasteiger partial charge in [0, 0.05) is 19.6 Å². The highest BCUT2D eigenvalue weighted by Crippen LogP contribution is 2.26. The normalized spacial score (nSPS) is 24.2. The second-order valence-electron chi connectivity index (χ2n) is 6.33. The van der Waals surface area contributed by atoms with Crippen molar-refractivity contribution in [1.82, 2.24) is 14.9 Å². The lowest BCUT2D eigenvalue weighted by molar-refractivity contribution is -0.130. The second kappa shape index (κ2) is 7.32. The zero-order valence-corrected chi connectivity index (χ0v) is 14.2. The van der Waals surface area contributed by atoms with E-state index in [-0.39, 0.29) is 17.9 Å². The number of imidazole rings is 1. The average molecular weight is 331 g/mol. The molecule has 0 saturated heterocycles. The van der Waals surface area contributed by atoms with Crippen LogP contribution >= 0.6 is 0 Å². The van der Waals surface area contributed by atoms with E-state index in [0.29, 0.717) is 25.8 Å². The quantitative estimate of drug-likeness (QED) is 0.877. The van der Waals surface area contributed by atoms with Crippen LogP contribution in [0.1, 0.15) is 32.0 Å². The minimum absolute atomic E-state index is 0.0126. The maximum absolute atomic E-state index is 12.5. The van der Waals surface area contributed by atoms with E-state index in [1.54, 1.807) is 7.11 Å². The van der Waals surface area contributed by atoms with E-state index in [4.69, 9.17) is 4.74 Å². The molecule has 1 saturated carbocycles. The molecule has 0 spiro atoms. The predicted molar refractivity (Wildman–Crippen MR) is 91.4 cm³/mol. The van der Waals surface area contributed by atoms with Crippen molar-refractivity contribution in [3.8, 4) is 0 Å². The molecule has 130 valence electrons. The summed E-state index contributed by atoms with van der Waals surface area (Å²) in [5, 5.41) is 12.9. The molecular formula is C18H25N3O3. The highest BCUT2D eigenvalue weighted by atomic mass is 16.5. The summed E-state index contributed by atoms with van der Waals surface area (Å²) in [5.74, 6) is 0.766. The lowest BCUT2D eigenvalue weighted by atomic mass is 9.84. The minimum Gasteiger partial charge on any atom is -0.390 e. The van der Waals surface area contributed by atoms with Gasteiger partial charge in [0.05, 0.1) is 29.8 Å². The zero-order chi connectivity index (χ0) is 17.1. The number of benzene rings is 1. The fourth-order valence-corrected chi connectivity index (χ4v) is 3.53. The number of amides is 1. The fraction of sp³-hybridized carbons (Fsp3) is 0.556. The van der Waals surface area contributed by atoms with Crippen molar-refractivity contribution >= 4 is 16.9 Å². The summed E-state index contributed by atoms with van der Waals surface area (Å²) < 4.78 is 7.40. The van der Waals surface area contributed by atoms with Crippen molar-refractivity contribution in [1.29, 1.82) is 0 Å². The Labute approximate surface area is 141 Å². The van der Waals surface area contributed by atoms with E-state index in [0.717, 1.165) is 23.4 Å². The van der Waals surface area contributed by atoms with Gasteiger partial charge in [0.1, 0.15) is 5.82 Å². The second-order valence-corrected chi connectivity index (χ2v) is 6.33. The number of para-hydroxylation sites is 2. The standard InChI is InChI=1S/C18H25N3O3/c1-3-21-14-7-5-4-6-13(14)20-17(21)11-19-18(23)12-8-9-15(22)16(10-12)24-2/h4-7,12,15-16,22H,3,8-11H2,1-2H3,(H,19,23)/t12-,15+,16-/m1/s1. The number of nitrogens with one attached hydrogen (secondary N) is 1. The molecule has 1 fully saturated rings. The molecule has 0 aliphatic heterocycles. The van der Waals surface area contributed by atoms with Gasteiger partial charge in [-0.2, -0.15) is 0 Å². The van der Waals surface area contributed by atoms with Crippen molar-refractivity contribution in [3.63, 3.8) is 0 Å². The molecule has 1 amide bonds. The van der Waals surface area contributed by atoms with E-state index in [1.165, 1.54) is 0 Å². The number of carbonyl (C=O) groups excluding carboxylic acids is 1. The van der Waals surface area contributed by atoms with Crippen LogP contribution in [0.4, 0.5) is 0 Å². The van der Waals surface area contributed by atoms with Crippen LogP contribution in [0.2, 0.25) is 0 Å². The topological polar surface area (TPSA) is 76.4 Å². The molecule has 2 N–H and O–H groups in total. The smallest absolute Gasteiger partial charge is 0.223 e. The molecule has 1 aromatic heterocycles. The van der Waals surface area contributed by atoms with Crippen molar-refractivity contribution in [2.75, 3.05) is 7.11 Å². The minimum atomic E-state index is -0.469. The van der Waals surface area contributed by atoms with Gasteiger partial charge < -0.3 is 19.7 Å². The monoisotopic (exact) mass is 331 g/mol. The van der Waals surface area contributed by atoms with Crippen molar-refractivity contribution < 1.29 is 14.6 Å². The Bertz CT molecular complexity index is 713. The largest absolute Gasteiger partial charge is 0.390 e. The Morgan fingerprint density at radius 2 is 2.21 bits per heavy atom. The average Bonchev–Trinajstić information content (AvgIpc) is 2.97. The summed E-state index contributed by atoms with van der Waals surface area (Å²) in [6.45, 7) is 3.30. The van der Waals surface area contributed by atoms with Crippen LogP contribution in [-0.4, -0.2) is 39.9 Å². The Kier molecular flexibility index (Phi) is 5.16. The Hall–Kier alpha value is -1.92. The Balaban J connectivity index is 1.66. The molecule has 1 aliphatic carbocycles. The summed E-state index contributed by atoms with van der Waals surface area (Å²) >= 11 is 0. The number of aromatic nitrogens is 2. The maximum atomic E-state index is 12.5. The summed E-state index contributed by atoms with van der Waals surface area (Å²) in [4.78, 5) is 17.1. The first kappa shape index (κ1) is 16.9. The van der Waals surface area contributed by atoms with Crippen LogP contribution in [0, 0.1) is 5.92 Å². The molecule has 3 atom stereocenters. The lowest BCUT2D eigenvalue weighted by Crippen LogP contribution is -2.41. The van der Waals surface area contributed by atoms with E-state index in [9.17, 15) is 9.90 Å². The van der Waals surface area contributed by atoms with Crippen LogP contribution in [0.5, 0.6) is 0 Å². The van der Waals surface area contributed by atoms with Gasteiger partial charge in [0.25, 0.3) is 0 Å². The molecule has 1 heterocycles. The molecule has 2 aromatic rings. The highest BCUT2D eigenvalue weighted by Gasteiger charge is 2.32. The molecule has 6 nitrogen and oxygen atoms in total. The molecular weight excluding hydrogens is 306 g/mol. The first-order valence-corrected chi connectivity index (χ1v) is 8.56. The highest BCUT2D eigenvalue weighted by molar-refractivity contribution is 5.79. The number of carbonyl (C=O) groups is 1. The van der Waals surface area contributed by atoms with Gasteiger partial charge in [-0.15, -0.1) is 0 Å². The molecule has 3 rings (SSSR count). The third-order valence-corrected chi connectivity index (χ3v) is 4.90. The van der Waals surface area contributed by atoms with E-state index < -0.39 is 6.10 Å². The first-order valence-electron chi connectivity index (χ1n) is 8.56. The molecule has 0 radical (unpaired) electrons. The zero-order valence-electron chi connectivity index (χ0n) is 14.2. The number of methoxy groups -OCH3 is 1. The maximum Gasteiger partial charge on any atom is 0.223 e. The van der Waals surface area contributed by atoms with Crippen LogP contribution in [0.15, 0.2) is 24.3 Å². The Morgan fingerprint density at radius 1 is 1.42 bits per heavy atom. The molecule has 6 heteroatoms. The van der Waals surface area contributed by atoms with Crippen LogP contribution in [-0.2, 0) is 22.6 Å². The van der Waals surface area contributed by atoms with Crippen LogP contribution in [0.25, 0.3) is 11.0 Å². The van der Waals surface area contributed by atoms with Gasteiger partial charge in [-0.1, -0.05) is 12.1 Å². The fourth-order valence-electron chi connectivity index (χ4n) is 3.53. The van der Waals surface area contributed by atoms with Gasteiger partial charge in [-0.05, 0) is 38.3 Å². The van der Waals surface area contributed by atoms with Crippen molar-refractivity contribution in [2.24, 2.45) is 5.92 Å². The third kappa shape index (κ3) is 3.30. The molecule has 0 unspecified atom stereocenters. The van der Waals surface area contributed by atoms with Crippen LogP contribution < -0.4 is 5.32 Å². The molecule has 24 heavy (non-hydrogen) atoms. The van der Waals surface area contributed by atoms with Crippen LogP contribution in [0.3, 0.4) is 0 Å². The number of hydrogen-bond donors (Lipinski definition) is 2. The first-order chi connectivity index (χ1) is 11.6. The summed E-state index contributed by atoms with van der Waals surface area (Å²) in [7, 11) is 1.58. The van der Waals surface area contributed by atoms with Crippen molar-refractivity contribution in [3.05, 3.63) is 30.1 Å². The molecule has 1 aromatic carbocycles. The predicted octanol–water partition coefficient (Wildman–Crippen LogP) is 1.85. The number of nitrogens with zero attached hydrogens (tertiary/aromatic N) is 2. The number of aryl methyl sites for hydroxylation is 1. The van der Waals surface area contributed by atoms with E-state index >= 15 is 0 Å². The number of fused-ring (bicyclic) bond motifs is 1. The number of hydrogen-bond acceptors (Lipinski definition) is 4. The lowest BCUT2D eigenvalue weighted by Gasteiger charge is -2.31. The van der Waals surface area contributed by atoms with E-state index in [2.05, 4.69) is 21.8 Å². The summed E-state index contributed by atoms with van der Waals surface area (Å²) in [6, 6.07) is 7.99. The van der Waals surface area contributed by atoms with Gasteiger partial charge in [0.2, 0.25) is 5.91 Å². The third-order valence-electron chi connectivity index (χ3n) is 4.90. The molecule has 1 aliphatic rings. The SMILES string of the molecule is CCn1c(CNC(=O)[C@@H]2CC[C@H](O)[C@H](OC)C2)nc2ccccc21. The number of aliphatic hydroxyl groups excluding tert-OH is 1.